The van der Waals surface area contributed by atoms with Crippen LogP contribution >= 0.6 is 90.6 Å². The summed E-state index contributed by atoms with van der Waals surface area (Å²) >= 11 is 12.3. The van der Waals surface area contributed by atoms with Gasteiger partial charge in [-0.3, -0.25) is 0 Å². The first-order chi connectivity index (χ1) is 48.5. The van der Waals surface area contributed by atoms with Crippen molar-refractivity contribution in [3.63, 3.8) is 0 Å². The smallest absolute Gasteiger partial charge is 0.124 e. The van der Waals surface area contributed by atoms with Crippen molar-refractivity contribution >= 4 is 90.6 Å². The van der Waals surface area contributed by atoms with Crippen molar-refractivity contribution in [2.45, 2.75) is 51.4 Å². The predicted octanol–water partition coefficient (Wildman–Crippen LogP) is 15.6. The van der Waals surface area contributed by atoms with Gasteiger partial charge in [-0.25, -0.2) is 29.9 Å². The second kappa shape index (κ2) is 39.1. The van der Waals surface area contributed by atoms with Crippen LogP contribution in [-0.4, -0.2) is 96.4 Å². The fraction of sp³-hybridized carbons (Fsp3) is 0.231. The van der Waals surface area contributed by atoms with Crippen molar-refractivity contribution < 1.29 is 0 Å². The maximum atomic E-state index is 5.84. The summed E-state index contributed by atoms with van der Waals surface area (Å²) in [5.41, 5.74) is 58.1. The van der Waals surface area contributed by atoms with Crippen LogP contribution in [0.25, 0.3) is 97.2 Å². The largest absolute Gasteiger partial charge is 0.330 e. The van der Waals surface area contributed by atoms with Gasteiger partial charge in [0.2, 0.25) is 0 Å². The molecular formula is C78H85IN14S6. The second-order valence-electron chi connectivity index (χ2n) is 23.4. The molecule has 0 atom stereocenters. The molecule has 0 radical (unpaired) electrons. The topological polar surface area (TPSA) is 258 Å². The zero-order chi connectivity index (χ0) is 69.1. The molecule has 99 heavy (non-hydrogen) atoms. The predicted molar refractivity (Wildman–Crippen MR) is 433 cm³/mol. The molecule has 14 N–H and O–H groups in total. The van der Waals surface area contributed by atoms with Gasteiger partial charge in [0, 0.05) is 105 Å². The van der Waals surface area contributed by atoms with Gasteiger partial charge < -0.3 is 45.0 Å². The Labute approximate surface area is 619 Å². The molecule has 7 aromatic carbocycles. The van der Waals surface area contributed by atoms with Gasteiger partial charge >= 0.3 is 0 Å². The first-order valence-electron chi connectivity index (χ1n) is 33.1. The van der Waals surface area contributed by atoms with Gasteiger partial charge in [0.25, 0.3) is 0 Å². The second-order valence-corrected chi connectivity index (χ2v) is 29.9. The minimum absolute atomic E-state index is 0.618. The molecule has 0 unspecified atom stereocenters. The van der Waals surface area contributed by atoms with Gasteiger partial charge in [0.1, 0.15) is 30.0 Å². The van der Waals surface area contributed by atoms with Gasteiger partial charge in [-0.05, 0) is 252 Å². The Morgan fingerprint density at radius 3 is 0.788 bits per heavy atom. The first kappa shape index (κ1) is 74.4. The molecule has 0 aliphatic rings. The highest BCUT2D eigenvalue weighted by atomic mass is 127. The Bertz CT molecular complexity index is 4300. The van der Waals surface area contributed by atoms with E-state index in [2.05, 4.69) is 204 Å². The maximum Gasteiger partial charge on any atom is 0.124 e. The number of nitrogens with two attached hydrogens (primary N) is 6. The molecule has 0 amide bonds. The van der Waals surface area contributed by atoms with Crippen LogP contribution in [0.1, 0.15) is 44.5 Å². The molecule has 13 rings (SSSR count). The van der Waals surface area contributed by atoms with Crippen LogP contribution in [0.2, 0.25) is 0 Å². The molecule has 6 heterocycles. The summed E-state index contributed by atoms with van der Waals surface area (Å²) in [6, 6.07) is 51.9. The fourth-order valence-electron chi connectivity index (χ4n) is 11.2. The van der Waals surface area contributed by atoms with E-state index in [0.717, 1.165) is 162 Å². The highest BCUT2D eigenvalue weighted by Gasteiger charge is 2.16. The Hall–Kier alpha value is -7.27. The lowest BCUT2D eigenvalue weighted by Crippen LogP contribution is -2.12. The van der Waals surface area contributed by atoms with Gasteiger partial charge in [-0.2, -0.15) is 0 Å². The zero-order valence-electron chi connectivity index (χ0n) is 55.8. The van der Waals surface area contributed by atoms with Crippen LogP contribution in [0.4, 0.5) is 0 Å². The maximum absolute atomic E-state index is 5.84. The van der Waals surface area contributed by atoms with Crippen LogP contribution in [0, 0.1) is 3.57 Å². The molecule has 0 aliphatic carbocycles. The molecule has 0 fully saturated rings. The third kappa shape index (κ3) is 21.9. The first-order valence-corrected chi connectivity index (χ1v) is 39.5. The third-order valence-electron chi connectivity index (χ3n) is 15.9. The Kier molecular flexibility index (Phi) is 29.4. The van der Waals surface area contributed by atoms with E-state index in [1.807, 2.05) is 54.9 Å². The van der Waals surface area contributed by atoms with Crippen molar-refractivity contribution in [3.8, 4) is 97.2 Å². The molecule has 510 valence electrons. The number of nitrogens with zero attached hydrogens (tertiary/aromatic N) is 6. The standard InChI is InChI=1S/C32H36N6S2.C22H22N4S2.C12H19IN2.C12H8N2S2/c33-8-4-21-12-22(5-9-34)15-27(14-21)29-19-39-31(37-29)25-2-1-3-26(18-25)32-38-30(20-40-32)28-16-23(6-10-35)13-24(17-28)7-11-36;23-6-4-15-10-16(5-7-24)12-19(11-15)20-14-28-22(26-20)18-3-1-2-17(13-18)21-25-8-9-27-21;1-14-5-3-10-7-11(4-6-15-2)9-12(13)8-10;1-2-9(11-13-4-6-15-11)8-10(3-1)12-14-5-7-16-12/h1-3,12-20H,4-11,33-36H2;1-3,8-14H,4-7,23-24H2;7-9,14-15H,3-6H2,1-2H3;1-8H. The normalized spacial score (nSPS) is 11.0. The number of likely N-dealkylation sites (N-methyl/N-ethyl adjacent to an activating group) is 2. The number of rotatable bonds is 27. The third-order valence-corrected chi connectivity index (χ3v) is 21.6. The molecule has 0 bridgehead atoms. The van der Waals surface area contributed by atoms with Crippen LogP contribution in [-0.2, 0) is 51.4 Å². The average Bonchev–Trinajstić information content (AvgIpc) is 1.71. The van der Waals surface area contributed by atoms with E-state index in [0.29, 0.717) is 39.3 Å². The molecule has 0 aliphatic heterocycles. The highest BCUT2D eigenvalue weighted by Crippen LogP contribution is 2.37. The molecule has 0 saturated heterocycles. The average molecular weight is 1540 g/mol. The van der Waals surface area contributed by atoms with Gasteiger partial charge in [-0.15, -0.1) is 68.0 Å². The lowest BCUT2D eigenvalue weighted by molar-refractivity contribution is 0.779. The SMILES string of the molecule is CNCCc1cc(I)cc(CCNC)c1.NCCc1cc(CCN)cc(-c2csc(-c3cccc(-c4nc(-c5cc(CCN)cc(CCN)c5)cs4)c3)n2)c1.NCCc1cc(CCN)cc(-c2csc(-c3cccc(-c4nccs4)c3)n2)c1.c1cc(-c2nccs2)cc(-c2nccs2)c1. The van der Waals surface area contributed by atoms with Crippen molar-refractivity contribution in [3.05, 3.63) is 245 Å². The van der Waals surface area contributed by atoms with E-state index < -0.39 is 0 Å². The molecule has 6 aromatic heterocycles. The summed E-state index contributed by atoms with van der Waals surface area (Å²) in [4.78, 5) is 28.0. The van der Waals surface area contributed by atoms with Crippen LogP contribution in [0.15, 0.2) is 196 Å². The van der Waals surface area contributed by atoms with Crippen molar-refractivity contribution in [1.29, 1.82) is 0 Å². The molecule has 14 nitrogen and oxygen atoms in total. The van der Waals surface area contributed by atoms with E-state index in [1.165, 1.54) is 48.1 Å². The molecule has 0 spiro atoms. The number of halogens is 1. The minimum Gasteiger partial charge on any atom is -0.330 e. The number of aromatic nitrogens is 6. The van der Waals surface area contributed by atoms with Crippen molar-refractivity contribution in [2.24, 2.45) is 34.4 Å². The number of nitrogens with one attached hydrogen (secondary N) is 2. The molecule has 21 heteroatoms. The van der Waals surface area contributed by atoms with Crippen LogP contribution in [0.3, 0.4) is 0 Å². The molecule has 13 aromatic rings. The van der Waals surface area contributed by atoms with Crippen LogP contribution < -0.4 is 45.0 Å². The number of hydrogen-bond acceptors (Lipinski definition) is 20. The molecular weight excluding hydrogens is 1450 g/mol. The van der Waals surface area contributed by atoms with Gasteiger partial charge in [-0.1, -0.05) is 78.9 Å². The summed E-state index contributed by atoms with van der Waals surface area (Å²) < 4.78 is 1.34. The monoisotopic (exact) mass is 1540 g/mol. The summed E-state index contributed by atoms with van der Waals surface area (Å²) in [5, 5.41) is 24.8. The van der Waals surface area contributed by atoms with Crippen molar-refractivity contribution in [1.82, 2.24) is 40.5 Å². The number of hydrogen-bond donors (Lipinski definition) is 8. The lowest BCUT2D eigenvalue weighted by Gasteiger charge is -2.08. The quantitative estimate of drug-likeness (QED) is 0.0223. The highest BCUT2D eigenvalue weighted by molar-refractivity contribution is 14.1. The Balaban J connectivity index is 0.000000155. The van der Waals surface area contributed by atoms with Gasteiger partial charge in [0.05, 0.1) is 17.1 Å². The van der Waals surface area contributed by atoms with E-state index in [1.54, 1.807) is 68.0 Å². The number of benzene rings is 7. The number of thiazole rings is 6. The van der Waals surface area contributed by atoms with E-state index >= 15 is 0 Å². The van der Waals surface area contributed by atoms with Gasteiger partial charge in [0.15, 0.2) is 0 Å². The summed E-state index contributed by atoms with van der Waals surface area (Å²) in [5.74, 6) is 0. The summed E-state index contributed by atoms with van der Waals surface area (Å²) in [6.45, 7) is 5.84. The Morgan fingerprint density at radius 2 is 0.556 bits per heavy atom. The minimum atomic E-state index is 0.618. The summed E-state index contributed by atoms with van der Waals surface area (Å²) in [6.07, 6.45) is 12.8. The molecule has 0 saturated carbocycles. The fourth-order valence-corrected chi connectivity index (χ4v) is 16.4. The Morgan fingerprint density at radius 1 is 0.303 bits per heavy atom. The van der Waals surface area contributed by atoms with E-state index in [-0.39, 0.29) is 0 Å². The summed E-state index contributed by atoms with van der Waals surface area (Å²) in [7, 11) is 3.99. The van der Waals surface area contributed by atoms with Crippen LogP contribution in [0.5, 0.6) is 0 Å². The van der Waals surface area contributed by atoms with E-state index in [4.69, 9.17) is 49.4 Å². The van der Waals surface area contributed by atoms with E-state index in [9.17, 15) is 0 Å². The van der Waals surface area contributed by atoms with Crippen molar-refractivity contribution in [2.75, 3.05) is 66.5 Å². The lowest BCUT2D eigenvalue weighted by atomic mass is 10.00. The zero-order valence-corrected chi connectivity index (χ0v) is 62.9.